The van der Waals surface area contributed by atoms with Crippen LogP contribution in [0, 0.1) is 11.8 Å². The highest BCUT2D eigenvalue weighted by atomic mass is 79.9. The second-order valence-electron chi connectivity index (χ2n) is 5.44. The molecule has 94 valence electrons. The van der Waals surface area contributed by atoms with Crippen LogP contribution in [0.2, 0.25) is 0 Å². The third-order valence-corrected chi connectivity index (χ3v) is 6.52. The minimum Gasteiger partial charge on any atom is -0.316 e. The third-order valence-electron chi connectivity index (χ3n) is 4.52. The van der Waals surface area contributed by atoms with Crippen LogP contribution >= 0.6 is 27.3 Å². The SMILES string of the molecule is Brc1ccsc1C1CCNCC1C1CCCC1. The van der Waals surface area contributed by atoms with Crippen LogP contribution in [-0.2, 0) is 0 Å². The first-order valence-electron chi connectivity index (χ1n) is 6.80. The molecule has 0 radical (unpaired) electrons. The summed E-state index contributed by atoms with van der Waals surface area (Å²) < 4.78 is 1.34. The molecular formula is C14H20BrNS. The van der Waals surface area contributed by atoms with Gasteiger partial charge in [0.25, 0.3) is 0 Å². The zero-order chi connectivity index (χ0) is 11.7. The second kappa shape index (κ2) is 5.41. The first-order chi connectivity index (χ1) is 8.36. The lowest BCUT2D eigenvalue weighted by Crippen LogP contribution is -2.38. The maximum atomic E-state index is 3.73. The van der Waals surface area contributed by atoms with Gasteiger partial charge >= 0.3 is 0 Å². The van der Waals surface area contributed by atoms with Crippen molar-refractivity contribution in [3.63, 3.8) is 0 Å². The van der Waals surface area contributed by atoms with Gasteiger partial charge < -0.3 is 5.32 Å². The maximum Gasteiger partial charge on any atom is 0.0317 e. The monoisotopic (exact) mass is 313 g/mol. The Balaban J connectivity index is 1.82. The smallest absolute Gasteiger partial charge is 0.0317 e. The van der Waals surface area contributed by atoms with Crippen molar-refractivity contribution < 1.29 is 0 Å². The number of rotatable bonds is 2. The molecule has 2 heterocycles. The number of thiophene rings is 1. The molecule has 1 aromatic rings. The van der Waals surface area contributed by atoms with Crippen molar-refractivity contribution in [3.8, 4) is 0 Å². The topological polar surface area (TPSA) is 12.0 Å². The molecule has 17 heavy (non-hydrogen) atoms. The molecule has 1 N–H and O–H groups in total. The van der Waals surface area contributed by atoms with Crippen molar-refractivity contribution in [2.75, 3.05) is 13.1 Å². The Hall–Kier alpha value is 0.140. The van der Waals surface area contributed by atoms with E-state index >= 15 is 0 Å². The number of halogens is 1. The van der Waals surface area contributed by atoms with E-state index in [-0.39, 0.29) is 0 Å². The summed E-state index contributed by atoms with van der Waals surface area (Å²) in [4.78, 5) is 1.60. The van der Waals surface area contributed by atoms with Crippen molar-refractivity contribution >= 4 is 27.3 Å². The van der Waals surface area contributed by atoms with E-state index in [2.05, 4.69) is 32.7 Å². The van der Waals surface area contributed by atoms with E-state index in [9.17, 15) is 0 Å². The van der Waals surface area contributed by atoms with Crippen LogP contribution in [-0.4, -0.2) is 13.1 Å². The fraction of sp³-hybridized carbons (Fsp3) is 0.714. The Morgan fingerprint density at radius 2 is 2.06 bits per heavy atom. The lowest BCUT2D eigenvalue weighted by molar-refractivity contribution is 0.233. The number of nitrogens with one attached hydrogen (secondary N) is 1. The molecule has 1 nitrogen and oxygen atoms in total. The molecule has 1 aliphatic carbocycles. The average molecular weight is 314 g/mol. The second-order valence-corrected chi connectivity index (χ2v) is 7.24. The Morgan fingerprint density at radius 1 is 1.24 bits per heavy atom. The molecule has 2 atom stereocenters. The summed E-state index contributed by atoms with van der Waals surface area (Å²) in [6.45, 7) is 2.43. The van der Waals surface area contributed by atoms with Gasteiger partial charge in [-0.2, -0.15) is 0 Å². The summed E-state index contributed by atoms with van der Waals surface area (Å²) in [6, 6.07) is 2.22. The van der Waals surface area contributed by atoms with Crippen LogP contribution in [0.25, 0.3) is 0 Å². The van der Waals surface area contributed by atoms with Gasteiger partial charge in [-0.3, -0.25) is 0 Å². The summed E-state index contributed by atoms with van der Waals surface area (Å²) >= 11 is 5.67. The van der Waals surface area contributed by atoms with Gasteiger partial charge in [0.15, 0.2) is 0 Å². The Kier molecular flexibility index (Phi) is 3.88. The first-order valence-corrected chi connectivity index (χ1v) is 8.47. The van der Waals surface area contributed by atoms with Gasteiger partial charge in [0.1, 0.15) is 0 Å². The van der Waals surface area contributed by atoms with Crippen LogP contribution in [0.15, 0.2) is 15.9 Å². The van der Waals surface area contributed by atoms with Crippen LogP contribution in [0.3, 0.4) is 0 Å². The molecule has 3 rings (SSSR count). The van der Waals surface area contributed by atoms with Crippen molar-refractivity contribution in [1.82, 2.24) is 5.32 Å². The van der Waals surface area contributed by atoms with Crippen LogP contribution < -0.4 is 5.32 Å². The molecule has 2 aliphatic rings. The molecule has 2 unspecified atom stereocenters. The van der Waals surface area contributed by atoms with Gasteiger partial charge in [0.05, 0.1) is 0 Å². The first kappa shape index (κ1) is 12.2. The average Bonchev–Trinajstić information content (AvgIpc) is 3.00. The summed E-state index contributed by atoms with van der Waals surface area (Å²) in [6.07, 6.45) is 7.16. The van der Waals surface area contributed by atoms with E-state index in [1.54, 1.807) is 4.88 Å². The predicted molar refractivity (Wildman–Crippen MR) is 77.7 cm³/mol. The molecule has 1 aliphatic heterocycles. The molecule has 0 amide bonds. The highest BCUT2D eigenvalue weighted by Gasteiger charge is 2.35. The van der Waals surface area contributed by atoms with E-state index < -0.39 is 0 Å². The van der Waals surface area contributed by atoms with Gasteiger partial charge in [0.2, 0.25) is 0 Å². The van der Waals surface area contributed by atoms with Crippen LogP contribution in [0.1, 0.15) is 42.9 Å². The molecule has 1 saturated heterocycles. The quantitative estimate of drug-likeness (QED) is 0.853. The highest BCUT2D eigenvalue weighted by molar-refractivity contribution is 9.10. The zero-order valence-corrected chi connectivity index (χ0v) is 12.5. The minimum absolute atomic E-state index is 0.800. The fourth-order valence-corrected chi connectivity index (χ4v) is 5.54. The maximum absolute atomic E-state index is 3.73. The minimum atomic E-state index is 0.800. The van der Waals surface area contributed by atoms with E-state index in [1.807, 2.05) is 11.3 Å². The van der Waals surface area contributed by atoms with Crippen molar-refractivity contribution in [2.45, 2.75) is 38.0 Å². The molecule has 2 fully saturated rings. The van der Waals surface area contributed by atoms with Crippen molar-refractivity contribution in [2.24, 2.45) is 11.8 Å². The summed E-state index contributed by atoms with van der Waals surface area (Å²) in [5.74, 6) is 2.65. The zero-order valence-electron chi connectivity index (χ0n) is 10.1. The molecular weight excluding hydrogens is 294 g/mol. The Labute approximate surface area is 116 Å². The van der Waals surface area contributed by atoms with E-state index in [0.29, 0.717) is 0 Å². The Bertz CT molecular complexity index is 370. The third kappa shape index (κ3) is 2.47. The molecule has 1 aromatic heterocycles. The summed E-state index contributed by atoms with van der Waals surface area (Å²) in [5, 5.41) is 5.84. The molecule has 0 spiro atoms. The Morgan fingerprint density at radius 3 is 2.76 bits per heavy atom. The standard InChI is InChI=1S/C14H20BrNS/c15-13-6-8-17-14(13)11-5-7-16-9-12(11)10-3-1-2-4-10/h6,8,10-12,16H,1-5,7,9H2. The van der Waals surface area contributed by atoms with Gasteiger partial charge in [-0.05, 0) is 64.6 Å². The lowest BCUT2D eigenvalue weighted by Gasteiger charge is -2.36. The van der Waals surface area contributed by atoms with Crippen molar-refractivity contribution in [3.05, 3.63) is 20.8 Å². The number of hydrogen-bond acceptors (Lipinski definition) is 2. The van der Waals surface area contributed by atoms with Gasteiger partial charge in [-0.1, -0.05) is 25.7 Å². The van der Waals surface area contributed by atoms with Gasteiger partial charge in [-0.25, -0.2) is 0 Å². The molecule has 3 heteroatoms. The summed E-state index contributed by atoms with van der Waals surface area (Å²) in [5.41, 5.74) is 0. The van der Waals surface area contributed by atoms with E-state index in [0.717, 1.165) is 17.8 Å². The summed E-state index contributed by atoms with van der Waals surface area (Å²) in [7, 11) is 0. The normalized spacial score (nSPS) is 30.9. The van der Waals surface area contributed by atoms with Crippen LogP contribution in [0.5, 0.6) is 0 Å². The van der Waals surface area contributed by atoms with Gasteiger partial charge in [-0.15, -0.1) is 11.3 Å². The number of piperidine rings is 1. The van der Waals surface area contributed by atoms with E-state index in [4.69, 9.17) is 0 Å². The van der Waals surface area contributed by atoms with Gasteiger partial charge in [0, 0.05) is 9.35 Å². The fourth-order valence-electron chi connectivity index (χ4n) is 3.66. The largest absolute Gasteiger partial charge is 0.316 e. The van der Waals surface area contributed by atoms with E-state index in [1.165, 1.54) is 49.7 Å². The molecule has 1 saturated carbocycles. The number of hydrogen-bond donors (Lipinski definition) is 1. The van der Waals surface area contributed by atoms with Crippen LogP contribution in [0.4, 0.5) is 0 Å². The molecule has 0 bridgehead atoms. The molecule has 0 aromatic carbocycles. The van der Waals surface area contributed by atoms with Crippen molar-refractivity contribution in [1.29, 1.82) is 0 Å². The lowest BCUT2D eigenvalue weighted by atomic mass is 9.76. The predicted octanol–water partition coefficient (Wildman–Crippen LogP) is 4.39. The highest BCUT2D eigenvalue weighted by Crippen LogP contribution is 2.45.